The van der Waals surface area contributed by atoms with Gasteiger partial charge in [-0.25, -0.2) is 0 Å². The summed E-state index contributed by atoms with van der Waals surface area (Å²) in [6.07, 6.45) is 2.12. The molecule has 0 aliphatic heterocycles. The Bertz CT molecular complexity index is 74.0. The van der Waals surface area contributed by atoms with Crippen molar-refractivity contribution < 1.29 is 9.47 Å². The molecule has 0 bridgehead atoms. The predicted octanol–water partition coefficient (Wildman–Crippen LogP) is 1.86. The number of rotatable bonds is 7. The fourth-order valence-electron chi connectivity index (χ4n) is 0.703. The van der Waals surface area contributed by atoms with E-state index in [1.807, 2.05) is 6.92 Å². The molecule has 1 atom stereocenters. The van der Waals surface area contributed by atoms with Crippen molar-refractivity contribution in [3.8, 4) is 0 Å². The third-order valence-corrected chi connectivity index (χ3v) is 1.29. The van der Waals surface area contributed by atoms with Crippen molar-refractivity contribution >= 4 is 0 Å². The summed E-state index contributed by atoms with van der Waals surface area (Å²) in [4.78, 5) is 0. The van der Waals surface area contributed by atoms with Gasteiger partial charge >= 0.3 is 0 Å². The molecule has 1 unspecified atom stereocenters. The van der Waals surface area contributed by atoms with Gasteiger partial charge in [0.25, 0.3) is 0 Å². The van der Waals surface area contributed by atoms with Crippen LogP contribution < -0.4 is 0 Å². The molecule has 0 rings (SSSR count). The summed E-state index contributed by atoms with van der Waals surface area (Å²) in [5, 5.41) is 0. The molecule has 0 saturated carbocycles. The lowest BCUT2D eigenvalue weighted by Crippen LogP contribution is -2.16. The van der Waals surface area contributed by atoms with E-state index in [-0.39, 0.29) is 6.10 Å². The Labute approximate surface area is 69.9 Å². The van der Waals surface area contributed by atoms with Gasteiger partial charge in [0.15, 0.2) is 0 Å². The molecule has 0 heterocycles. The average molecular weight is 158 g/mol. The number of hydrogen-bond donors (Lipinski definition) is 0. The highest BCUT2D eigenvalue weighted by Crippen LogP contribution is 1.93. The summed E-state index contributed by atoms with van der Waals surface area (Å²) < 4.78 is 10.5. The van der Waals surface area contributed by atoms with Crippen LogP contribution in [0.1, 0.15) is 19.8 Å². The van der Waals surface area contributed by atoms with Gasteiger partial charge in [-0.3, -0.25) is 0 Å². The van der Waals surface area contributed by atoms with Crippen LogP contribution in [0, 0.1) is 13.8 Å². The number of unbranched alkanes of at least 4 members (excludes halogenated alkanes) is 1. The molecule has 0 aromatic rings. The molecular formula is C9H18O2. The maximum Gasteiger partial charge on any atom is 0.0780 e. The second-order valence-electron chi connectivity index (χ2n) is 2.46. The molecule has 0 aliphatic rings. The molecule has 2 radical (unpaired) electrons. The molecule has 11 heavy (non-hydrogen) atoms. The lowest BCUT2D eigenvalue weighted by molar-refractivity contribution is 0.00348. The van der Waals surface area contributed by atoms with Crippen LogP contribution in [0.2, 0.25) is 0 Å². The van der Waals surface area contributed by atoms with Gasteiger partial charge in [0, 0.05) is 13.2 Å². The van der Waals surface area contributed by atoms with Crippen molar-refractivity contribution in [1.82, 2.24) is 0 Å². The summed E-state index contributed by atoms with van der Waals surface area (Å²) in [7, 11) is 0. The Morgan fingerprint density at radius 3 is 2.64 bits per heavy atom. The van der Waals surface area contributed by atoms with E-state index in [0.717, 1.165) is 19.4 Å². The average Bonchev–Trinajstić information content (AvgIpc) is 1.99. The molecule has 0 aromatic carbocycles. The predicted molar refractivity (Wildman–Crippen MR) is 46.2 cm³/mol. The zero-order chi connectivity index (χ0) is 8.53. The highest BCUT2D eigenvalue weighted by molar-refractivity contribution is 4.48. The third-order valence-electron chi connectivity index (χ3n) is 1.29. The topological polar surface area (TPSA) is 18.5 Å². The molecule has 0 aromatic heterocycles. The third kappa shape index (κ3) is 7.82. The van der Waals surface area contributed by atoms with Crippen molar-refractivity contribution in [2.24, 2.45) is 0 Å². The summed E-state index contributed by atoms with van der Waals surface area (Å²) >= 11 is 0. The molecule has 0 amide bonds. The lowest BCUT2D eigenvalue weighted by Gasteiger charge is -2.11. The number of hydrogen-bond acceptors (Lipinski definition) is 2. The van der Waals surface area contributed by atoms with Crippen LogP contribution in [0.5, 0.6) is 0 Å². The van der Waals surface area contributed by atoms with E-state index in [0.29, 0.717) is 13.2 Å². The van der Waals surface area contributed by atoms with Gasteiger partial charge in [-0.1, -0.05) is 13.3 Å². The first-order valence-electron chi connectivity index (χ1n) is 4.09. The van der Waals surface area contributed by atoms with Gasteiger partial charge < -0.3 is 9.47 Å². The summed E-state index contributed by atoms with van der Waals surface area (Å²) in [5.41, 5.74) is 0. The van der Waals surface area contributed by atoms with Gasteiger partial charge in [0.2, 0.25) is 0 Å². The molecule has 0 spiro atoms. The van der Waals surface area contributed by atoms with Crippen LogP contribution >= 0.6 is 0 Å². The minimum atomic E-state index is 0.164. The van der Waals surface area contributed by atoms with Crippen LogP contribution in [-0.4, -0.2) is 25.9 Å². The van der Waals surface area contributed by atoms with E-state index in [1.54, 1.807) is 0 Å². The molecule has 0 fully saturated rings. The zero-order valence-corrected chi connectivity index (χ0v) is 7.34. The van der Waals surface area contributed by atoms with E-state index >= 15 is 0 Å². The quantitative estimate of drug-likeness (QED) is 0.526. The van der Waals surface area contributed by atoms with Crippen LogP contribution in [-0.2, 0) is 9.47 Å². The van der Waals surface area contributed by atoms with Crippen LogP contribution in [0.4, 0.5) is 0 Å². The Hall–Kier alpha value is -0.0800. The van der Waals surface area contributed by atoms with E-state index in [9.17, 15) is 0 Å². The summed E-state index contributed by atoms with van der Waals surface area (Å²) in [5.74, 6) is 0. The molecule has 2 nitrogen and oxygen atoms in total. The first kappa shape index (κ1) is 10.9. The summed E-state index contributed by atoms with van der Waals surface area (Å²) in [6, 6.07) is 0. The van der Waals surface area contributed by atoms with Crippen molar-refractivity contribution in [3.63, 3.8) is 0 Å². The van der Waals surface area contributed by atoms with E-state index in [1.165, 1.54) is 0 Å². The first-order chi connectivity index (χ1) is 5.31. The van der Waals surface area contributed by atoms with Gasteiger partial charge in [0.1, 0.15) is 0 Å². The maximum absolute atomic E-state index is 5.30. The highest BCUT2D eigenvalue weighted by Gasteiger charge is 1.98. The van der Waals surface area contributed by atoms with E-state index in [2.05, 4.69) is 13.8 Å². The molecule has 2 heteroatoms. The normalized spacial score (nSPS) is 13.4. The van der Waals surface area contributed by atoms with Crippen molar-refractivity contribution in [3.05, 3.63) is 13.8 Å². The molecule has 0 N–H and O–H groups in total. The molecule has 66 valence electrons. The van der Waals surface area contributed by atoms with Gasteiger partial charge in [0.05, 0.1) is 12.7 Å². The standard InChI is InChI=1S/C9H18O2/c1-4-6-7-10-8-9(3)11-5-2/h9H,1-2,4-8H2,3H3. The lowest BCUT2D eigenvalue weighted by atomic mass is 10.3. The monoisotopic (exact) mass is 158 g/mol. The maximum atomic E-state index is 5.30. The molecule has 0 saturated heterocycles. The minimum Gasteiger partial charge on any atom is -0.379 e. The van der Waals surface area contributed by atoms with Gasteiger partial charge in [-0.05, 0) is 20.3 Å². The number of ether oxygens (including phenoxy) is 2. The Morgan fingerprint density at radius 2 is 2.09 bits per heavy atom. The first-order valence-corrected chi connectivity index (χ1v) is 4.09. The zero-order valence-electron chi connectivity index (χ0n) is 7.34. The van der Waals surface area contributed by atoms with Crippen LogP contribution in [0.15, 0.2) is 0 Å². The molecular weight excluding hydrogens is 140 g/mol. The van der Waals surface area contributed by atoms with E-state index in [4.69, 9.17) is 9.47 Å². The second kappa shape index (κ2) is 8.02. The van der Waals surface area contributed by atoms with Crippen molar-refractivity contribution in [1.29, 1.82) is 0 Å². The Morgan fingerprint density at radius 1 is 1.36 bits per heavy atom. The second-order valence-corrected chi connectivity index (χ2v) is 2.46. The largest absolute Gasteiger partial charge is 0.379 e. The van der Waals surface area contributed by atoms with Crippen molar-refractivity contribution in [2.45, 2.75) is 25.9 Å². The molecule has 0 aliphatic carbocycles. The fourth-order valence-corrected chi connectivity index (χ4v) is 0.703. The minimum absolute atomic E-state index is 0.164. The van der Waals surface area contributed by atoms with Crippen LogP contribution in [0.25, 0.3) is 0 Å². The van der Waals surface area contributed by atoms with Crippen LogP contribution in [0.3, 0.4) is 0 Å². The smallest absolute Gasteiger partial charge is 0.0780 e. The van der Waals surface area contributed by atoms with Gasteiger partial charge in [-0.2, -0.15) is 0 Å². The van der Waals surface area contributed by atoms with Gasteiger partial charge in [-0.15, -0.1) is 0 Å². The highest BCUT2D eigenvalue weighted by atomic mass is 16.5. The van der Waals surface area contributed by atoms with Crippen molar-refractivity contribution in [2.75, 3.05) is 19.8 Å². The Balaban J connectivity index is 2.97. The Kier molecular flexibility index (Phi) is 7.96. The van der Waals surface area contributed by atoms with E-state index < -0.39 is 0 Å². The summed E-state index contributed by atoms with van der Waals surface area (Å²) in [6.45, 7) is 11.2. The SMILES string of the molecule is [CH2]CCCOCC(C)OC[CH2]. The fraction of sp³-hybridized carbons (Fsp3) is 0.778.